The molecule has 0 radical (unpaired) electrons. The van der Waals surface area contributed by atoms with Gasteiger partial charge in [-0.2, -0.15) is 55.4 Å². The molecule has 732 valence electrons. The Morgan fingerprint density at radius 3 is 0.828 bits per heavy atom. The fraction of sp³-hybridized carbons (Fsp3) is 0.596. The minimum atomic E-state index is -4.86. The number of carbonyl (C=O) groups excluding carboxylic acids is 4. The number of nitrogens with one attached hydrogen (secondary N) is 1. The molecule has 4 unspecified atom stereocenters. The molecule has 0 bridgehead atoms. The standard InChI is InChI=1S/C22H35NO7S.C21H33NO7S.C19H29NO8S.C19H28O7S.C4H10O2.4CH4.Na/c1-3-5-6-7-8-9-10-11-19-12-14-21(15-13-19)27-17-22(16-20(24)4-2)28-18-29-31(25,26)30-23;1-3-5-6-7-8-9-10-18-11-13-20(14-12-18)26-16-21(15-19(23)4-2)27-17-28-30(24,25)29-22;1-3-5-6-16-7-9-18(10-8-16)25-14-19(13-17(22)4-2)26-15-27-29(23,24)28-20-11-12-21;1-3-5-6-7-8-16-9-11-18(12-10-16)24-14-19(13-17(20)4-2)25-15-26-27(21,22)23;5-3-1-2-4-6;;;;;/h4,12-15,22H,2-3,5-11,16-18,23H2,1H3;4,11-14,21H,2-3,5-10,15-17,22H2,1H3;4,7-10,19-21H,2-3,5-6,11-15H2,1H3;4,9-12,19H,2-3,5-8,13-15H2,1H3,(H,21,22,23);5-6H,1-4H2;4*1H4;/q;;;;;;;;;+1/p-1. The molecule has 4 aromatic rings. The third-order valence-corrected chi connectivity index (χ3v) is 19.6. The Morgan fingerprint density at radius 2 is 0.594 bits per heavy atom. The second kappa shape index (κ2) is 85.0. The molecule has 0 spiro atoms. The maximum Gasteiger partial charge on any atom is 1.00 e. The van der Waals surface area contributed by atoms with Crippen LogP contribution >= 0.6 is 0 Å². The SMILES string of the molecule is C.C.C.C.C=CC(=O)CC(COc1ccc(CCCC)cc1)OCOS(=O)(=O)ONCCO.C=CC(=O)CC(COc1ccc(CCCCCC)cc1)OCOS(=O)(=O)[O-].C=CC(=O)CC(COc1ccc(CCCCCCCC)cc1)OCOS(=O)(=O)ON.C=CC(=O)CC(COc1ccc(CCCCCCCCC)cc1)OCOS(=O)(=O)ON.OCCCCO.[Na+]. The van der Waals surface area contributed by atoms with E-state index in [1.165, 1.54) is 125 Å². The van der Waals surface area contributed by atoms with Crippen LogP contribution in [-0.2, 0) is 135 Å². The Labute approximate surface area is 787 Å². The summed E-state index contributed by atoms with van der Waals surface area (Å²) in [6.07, 6.45) is 30.5. The molecule has 0 fully saturated rings. The Bertz CT molecular complexity index is 3910. The average Bonchev–Trinajstić information content (AvgIpc) is 0.907. The van der Waals surface area contributed by atoms with Gasteiger partial charge in [0.2, 0.25) is 10.4 Å². The summed E-state index contributed by atoms with van der Waals surface area (Å²) in [6, 6.07) is 30.8. The average molecular weight is 1910 g/mol. The Morgan fingerprint density at radius 1 is 0.359 bits per heavy atom. The van der Waals surface area contributed by atoms with E-state index in [4.69, 9.17) is 53.2 Å². The number of ether oxygens (including phenoxy) is 8. The summed E-state index contributed by atoms with van der Waals surface area (Å²) in [4.78, 5) is 46.4. The van der Waals surface area contributed by atoms with Crippen molar-refractivity contribution < 1.29 is 170 Å². The number of hydrogen-bond donors (Lipinski definition) is 6. The van der Waals surface area contributed by atoms with Crippen LogP contribution < -0.4 is 65.8 Å². The van der Waals surface area contributed by atoms with Gasteiger partial charge in [0.25, 0.3) is 0 Å². The number of unbranched alkanes of at least 4 members (excludes halogenated alkanes) is 16. The van der Waals surface area contributed by atoms with Crippen LogP contribution in [0.15, 0.2) is 148 Å². The first kappa shape index (κ1) is 133. The summed E-state index contributed by atoms with van der Waals surface area (Å²) in [5.41, 5.74) is 6.93. The number of rotatable bonds is 72. The molecular weight excluding hydrogens is 1760 g/mol. The van der Waals surface area contributed by atoms with Gasteiger partial charge in [-0.25, -0.2) is 21.0 Å². The second-order valence-electron chi connectivity index (χ2n) is 27.4. The van der Waals surface area contributed by atoms with Crippen LogP contribution in [0, 0.1) is 0 Å². The molecule has 0 saturated carbocycles. The van der Waals surface area contributed by atoms with Crippen molar-refractivity contribution in [2.24, 2.45) is 11.8 Å². The van der Waals surface area contributed by atoms with Crippen molar-refractivity contribution in [3.8, 4) is 23.0 Å². The van der Waals surface area contributed by atoms with Crippen molar-refractivity contribution in [3.63, 3.8) is 0 Å². The van der Waals surface area contributed by atoms with Gasteiger partial charge in [0.1, 0.15) is 73.8 Å². The topological polar surface area (TPSA) is 491 Å². The number of aryl methyl sites for hydroxylation is 4. The second-order valence-corrected chi connectivity index (χ2v) is 32.2. The number of nitrogens with two attached hydrogens (primary N) is 2. The van der Waals surface area contributed by atoms with Gasteiger partial charge in [-0.15, -0.1) is 0 Å². The Hall–Kier alpha value is -6.20. The zero-order valence-electron chi connectivity index (χ0n) is 72.7. The summed E-state index contributed by atoms with van der Waals surface area (Å²) in [5, 5.41) is 24.7. The summed E-state index contributed by atoms with van der Waals surface area (Å²) < 4.78 is 171. The van der Waals surface area contributed by atoms with E-state index in [1.54, 1.807) is 0 Å². The molecule has 8 N–H and O–H groups in total. The molecule has 0 aliphatic carbocycles. The molecule has 4 atom stereocenters. The molecule has 0 amide bonds. The normalized spacial score (nSPS) is 11.8. The van der Waals surface area contributed by atoms with Gasteiger partial charge in [0.15, 0.2) is 50.3 Å². The van der Waals surface area contributed by atoms with Crippen molar-refractivity contribution in [1.29, 1.82) is 0 Å². The number of hydrogen-bond acceptors (Lipinski definition) is 34. The van der Waals surface area contributed by atoms with E-state index in [9.17, 15) is 57.4 Å². The number of hydroxylamine groups is 1. The van der Waals surface area contributed by atoms with Crippen LogP contribution in [-0.4, -0.2) is 181 Å². The first-order valence-corrected chi connectivity index (χ1v) is 46.5. The number of aliphatic hydroxyl groups is 3. The van der Waals surface area contributed by atoms with Crippen LogP contribution in [0.25, 0.3) is 0 Å². The Kier molecular flexibility index (Phi) is 88.0. The molecule has 4 rings (SSSR count). The molecule has 39 heteroatoms. The van der Waals surface area contributed by atoms with Gasteiger partial charge in [-0.1, -0.05) is 229 Å². The summed E-state index contributed by atoms with van der Waals surface area (Å²) >= 11 is 0. The smallest absolute Gasteiger partial charge is 0.725 e. The van der Waals surface area contributed by atoms with Crippen molar-refractivity contribution in [2.45, 2.75) is 268 Å². The predicted molar refractivity (Wildman–Crippen MR) is 489 cm³/mol. The van der Waals surface area contributed by atoms with Crippen LogP contribution in [0.5, 0.6) is 23.0 Å². The maximum absolute atomic E-state index is 11.6. The van der Waals surface area contributed by atoms with Gasteiger partial charge in [0, 0.05) is 45.4 Å². The molecule has 0 aliphatic heterocycles. The van der Waals surface area contributed by atoms with E-state index in [0.29, 0.717) is 23.0 Å². The predicted octanol–water partition coefficient (Wildman–Crippen LogP) is 11.7. The number of aliphatic hydroxyl groups excluding tert-OH is 3. The van der Waals surface area contributed by atoms with Crippen molar-refractivity contribution in [2.75, 3.05) is 80.0 Å². The zero-order chi connectivity index (χ0) is 91.7. The number of benzene rings is 4. The van der Waals surface area contributed by atoms with Crippen molar-refractivity contribution in [3.05, 3.63) is 170 Å². The van der Waals surface area contributed by atoms with Gasteiger partial charge in [-0.05, 0) is 159 Å². The minimum absolute atomic E-state index is 0. The fourth-order valence-electron chi connectivity index (χ4n) is 10.4. The number of allylic oxidation sites excluding steroid dienone is 4. The fourth-order valence-corrected chi connectivity index (χ4v) is 11.5. The summed E-state index contributed by atoms with van der Waals surface area (Å²) in [7, 11) is -17.9. The van der Waals surface area contributed by atoms with E-state index in [1.807, 2.05) is 103 Å². The van der Waals surface area contributed by atoms with E-state index >= 15 is 0 Å². The largest absolute Gasteiger partial charge is 1.00 e. The quantitative estimate of drug-likeness (QED) is 0.00455. The van der Waals surface area contributed by atoms with Crippen molar-refractivity contribution >= 4 is 64.7 Å². The molecule has 34 nitrogen and oxygen atoms in total. The molecule has 4 aromatic carbocycles. The third kappa shape index (κ3) is 77.4. The third-order valence-electron chi connectivity index (χ3n) is 17.3. The van der Waals surface area contributed by atoms with Gasteiger partial charge in [-0.3, -0.25) is 23.4 Å². The number of carbonyl (C=O) groups is 4. The molecular formula is C89H150N3NaO31S4. The minimum Gasteiger partial charge on any atom is -0.725 e. The van der Waals surface area contributed by atoms with E-state index in [-0.39, 0.29) is 161 Å². The van der Waals surface area contributed by atoms with E-state index < -0.39 is 93.2 Å². The van der Waals surface area contributed by atoms with Crippen molar-refractivity contribution in [1.82, 2.24) is 5.48 Å². The monoisotopic (exact) mass is 1910 g/mol. The first-order chi connectivity index (χ1) is 58.9. The molecule has 0 heterocycles. The molecule has 0 aliphatic rings. The van der Waals surface area contributed by atoms with Crippen LogP contribution in [0.2, 0.25) is 0 Å². The summed E-state index contributed by atoms with van der Waals surface area (Å²) in [6.45, 7) is 19.7. The van der Waals surface area contributed by atoms with Crippen LogP contribution in [0.1, 0.15) is 240 Å². The molecule has 0 aromatic heterocycles. The summed E-state index contributed by atoms with van der Waals surface area (Å²) in [5.74, 6) is 10.5. The molecule has 128 heavy (non-hydrogen) atoms. The zero-order valence-corrected chi connectivity index (χ0v) is 78.0. The number of ketones is 4. The van der Waals surface area contributed by atoms with E-state index in [2.05, 4.69) is 95.4 Å². The Balaban J connectivity index is -0.000000374. The first-order valence-electron chi connectivity index (χ1n) is 41.2. The molecule has 0 saturated heterocycles. The van der Waals surface area contributed by atoms with Gasteiger partial charge < -0.3 is 57.8 Å². The van der Waals surface area contributed by atoms with Gasteiger partial charge in [0.05, 0.1) is 6.61 Å². The van der Waals surface area contributed by atoms with E-state index in [0.717, 1.165) is 82.1 Å². The van der Waals surface area contributed by atoms with Gasteiger partial charge >= 0.3 is 60.8 Å². The van der Waals surface area contributed by atoms with Crippen LogP contribution in [0.4, 0.5) is 0 Å². The van der Waals surface area contributed by atoms with Crippen LogP contribution in [0.3, 0.4) is 0 Å². The maximum atomic E-state index is 11.6.